The number of aryl methyl sites for hydroxylation is 1. The first-order valence-electron chi connectivity index (χ1n) is 8.29. The normalized spacial score (nSPS) is 11.2. The van der Waals surface area contributed by atoms with Gasteiger partial charge in [0.1, 0.15) is 6.54 Å². The third-order valence-corrected chi connectivity index (χ3v) is 3.99. The minimum absolute atomic E-state index is 0.0792. The summed E-state index contributed by atoms with van der Waals surface area (Å²) in [7, 11) is 0. The van der Waals surface area contributed by atoms with Gasteiger partial charge in [0.2, 0.25) is 11.7 Å². The lowest BCUT2D eigenvalue weighted by Crippen LogP contribution is -2.20. The molecule has 6 nitrogen and oxygen atoms in total. The van der Waals surface area contributed by atoms with Crippen molar-refractivity contribution in [1.82, 2.24) is 4.57 Å². The molecule has 1 aromatic carbocycles. The van der Waals surface area contributed by atoms with Crippen LogP contribution in [0.15, 0.2) is 30.3 Å². The smallest absolute Gasteiger partial charge is 0.406 e. The SMILES string of the molecule is CC(=O)Nc1ccc(C(=O)OCC(=O)c2cc(C)n(CC(F)(F)F)c2C)cc1. The van der Waals surface area contributed by atoms with Crippen LogP contribution in [0.5, 0.6) is 0 Å². The molecule has 0 aliphatic rings. The van der Waals surface area contributed by atoms with Gasteiger partial charge in [-0.15, -0.1) is 0 Å². The highest BCUT2D eigenvalue weighted by Crippen LogP contribution is 2.23. The van der Waals surface area contributed by atoms with Crippen molar-refractivity contribution < 1.29 is 32.3 Å². The molecule has 1 heterocycles. The van der Waals surface area contributed by atoms with Gasteiger partial charge in [-0.3, -0.25) is 9.59 Å². The van der Waals surface area contributed by atoms with E-state index >= 15 is 0 Å². The van der Waals surface area contributed by atoms with Crippen LogP contribution in [0.3, 0.4) is 0 Å². The van der Waals surface area contributed by atoms with Gasteiger partial charge < -0.3 is 14.6 Å². The lowest BCUT2D eigenvalue weighted by Gasteiger charge is -2.12. The minimum atomic E-state index is -4.41. The van der Waals surface area contributed by atoms with Gasteiger partial charge in [-0.05, 0) is 44.2 Å². The highest BCUT2D eigenvalue weighted by atomic mass is 19.4. The van der Waals surface area contributed by atoms with Gasteiger partial charge in [0, 0.05) is 29.6 Å². The van der Waals surface area contributed by atoms with E-state index in [-0.39, 0.29) is 28.4 Å². The molecule has 2 rings (SSSR count). The fourth-order valence-electron chi connectivity index (χ4n) is 2.69. The lowest BCUT2D eigenvalue weighted by atomic mass is 10.1. The monoisotopic (exact) mass is 396 g/mol. The molecule has 0 atom stereocenters. The molecule has 150 valence electrons. The van der Waals surface area contributed by atoms with E-state index in [4.69, 9.17) is 4.74 Å². The molecule has 1 N–H and O–H groups in total. The summed E-state index contributed by atoms with van der Waals surface area (Å²) in [5.41, 5.74) is 1.20. The molecule has 0 radical (unpaired) electrons. The number of anilines is 1. The lowest BCUT2D eigenvalue weighted by molar-refractivity contribution is -0.141. The first kappa shape index (κ1) is 21.2. The van der Waals surface area contributed by atoms with E-state index in [0.717, 1.165) is 4.57 Å². The standard InChI is InChI=1S/C19H19F3N2O4/c1-11-8-16(12(2)24(11)10-19(20,21)22)17(26)9-28-18(27)14-4-6-15(7-5-14)23-13(3)25/h4-8H,9-10H2,1-3H3,(H,23,25). The van der Waals surface area contributed by atoms with Crippen LogP contribution in [0.1, 0.15) is 39.0 Å². The fourth-order valence-corrected chi connectivity index (χ4v) is 2.69. The van der Waals surface area contributed by atoms with Crippen LogP contribution in [0, 0.1) is 13.8 Å². The van der Waals surface area contributed by atoms with Gasteiger partial charge in [0.25, 0.3) is 0 Å². The Labute approximate surface area is 159 Å². The van der Waals surface area contributed by atoms with Crippen molar-refractivity contribution in [3.63, 3.8) is 0 Å². The second-order valence-electron chi connectivity index (χ2n) is 6.24. The number of aromatic nitrogens is 1. The second-order valence-corrected chi connectivity index (χ2v) is 6.24. The van der Waals surface area contributed by atoms with Crippen molar-refractivity contribution in [2.75, 3.05) is 11.9 Å². The van der Waals surface area contributed by atoms with E-state index in [9.17, 15) is 27.6 Å². The Hall–Kier alpha value is -3.10. The summed E-state index contributed by atoms with van der Waals surface area (Å²) in [4.78, 5) is 35.3. The second kappa shape index (κ2) is 8.28. The number of ketones is 1. The van der Waals surface area contributed by atoms with Gasteiger partial charge in [0.15, 0.2) is 6.61 Å². The predicted octanol–water partition coefficient (Wildman–Crippen LogP) is 3.67. The zero-order valence-electron chi connectivity index (χ0n) is 15.5. The van der Waals surface area contributed by atoms with E-state index in [1.807, 2.05) is 0 Å². The Morgan fingerprint density at radius 2 is 1.71 bits per heavy atom. The topological polar surface area (TPSA) is 77.4 Å². The first-order chi connectivity index (χ1) is 13.0. The Bertz CT molecular complexity index is 899. The molecule has 9 heteroatoms. The van der Waals surface area contributed by atoms with Gasteiger partial charge in [-0.2, -0.15) is 13.2 Å². The zero-order valence-corrected chi connectivity index (χ0v) is 15.5. The van der Waals surface area contributed by atoms with Gasteiger partial charge in [-0.25, -0.2) is 4.79 Å². The number of esters is 1. The number of nitrogens with one attached hydrogen (secondary N) is 1. The van der Waals surface area contributed by atoms with Crippen molar-refractivity contribution in [3.05, 3.63) is 52.8 Å². The Balaban J connectivity index is 2.03. The first-order valence-corrected chi connectivity index (χ1v) is 8.29. The van der Waals surface area contributed by atoms with Crippen LogP contribution in [0.2, 0.25) is 0 Å². The number of carbonyl (C=O) groups excluding carboxylic acids is 3. The quantitative estimate of drug-likeness (QED) is 0.597. The number of nitrogens with zero attached hydrogens (tertiary/aromatic N) is 1. The van der Waals surface area contributed by atoms with Gasteiger partial charge in [0.05, 0.1) is 5.56 Å². The van der Waals surface area contributed by atoms with Crippen molar-refractivity contribution in [2.45, 2.75) is 33.5 Å². The molecular formula is C19H19F3N2O4. The van der Waals surface area contributed by atoms with Crippen LogP contribution in [0.25, 0.3) is 0 Å². The number of alkyl halides is 3. The summed E-state index contributed by atoms with van der Waals surface area (Å²) in [5, 5.41) is 2.54. The minimum Gasteiger partial charge on any atom is -0.454 e. The Morgan fingerprint density at radius 1 is 1.11 bits per heavy atom. The summed E-state index contributed by atoms with van der Waals surface area (Å²) >= 11 is 0. The molecule has 0 fully saturated rings. The maximum atomic E-state index is 12.7. The molecule has 0 aliphatic carbocycles. The molecule has 0 bridgehead atoms. The van der Waals surface area contributed by atoms with Crippen molar-refractivity contribution in [2.24, 2.45) is 0 Å². The highest BCUT2D eigenvalue weighted by Gasteiger charge is 2.30. The van der Waals surface area contributed by atoms with E-state index < -0.39 is 31.1 Å². The largest absolute Gasteiger partial charge is 0.454 e. The molecule has 0 saturated heterocycles. The molecule has 1 amide bonds. The third-order valence-electron chi connectivity index (χ3n) is 3.99. The van der Waals surface area contributed by atoms with E-state index in [2.05, 4.69) is 5.32 Å². The molecular weight excluding hydrogens is 377 g/mol. The van der Waals surface area contributed by atoms with Crippen molar-refractivity contribution >= 4 is 23.3 Å². The van der Waals surface area contributed by atoms with E-state index in [0.29, 0.717) is 5.69 Å². The number of rotatable bonds is 6. The van der Waals surface area contributed by atoms with Crippen LogP contribution in [-0.4, -0.2) is 35.0 Å². The van der Waals surface area contributed by atoms with Crippen LogP contribution in [-0.2, 0) is 16.1 Å². The number of carbonyl (C=O) groups is 3. The number of benzene rings is 1. The van der Waals surface area contributed by atoms with E-state index in [1.54, 1.807) is 0 Å². The zero-order chi connectivity index (χ0) is 21.1. The number of Topliss-reactive ketones (excluding diaryl/α,β-unsaturated/α-hetero) is 1. The number of amides is 1. The Morgan fingerprint density at radius 3 is 2.25 bits per heavy atom. The fraction of sp³-hybridized carbons (Fsp3) is 0.316. The molecule has 0 spiro atoms. The molecule has 0 unspecified atom stereocenters. The molecule has 0 saturated carbocycles. The average molecular weight is 396 g/mol. The highest BCUT2D eigenvalue weighted by molar-refractivity contribution is 6.00. The number of hydrogen-bond donors (Lipinski definition) is 1. The van der Waals surface area contributed by atoms with E-state index in [1.165, 1.54) is 51.1 Å². The summed E-state index contributed by atoms with van der Waals surface area (Å²) < 4.78 is 43.9. The third kappa shape index (κ3) is 5.45. The number of hydrogen-bond acceptors (Lipinski definition) is 4. The summed E-state index contributed by atoms with van der Waals surface area (Å²) in [5.74, 6) is -1.61. The maximum absolute atomic E-state index is 12.7. The molecule has 1 aromatic heterocycles. The Kier molecular flexibility index (Phi) is 6.27. The summed E-state index contributed by atoms with van der Waals surface area (Å²) in [6.07, 6.45) is -4.41. The number of halogens is 3. The summed E-state index contributed by atoms with van der Waals surface area (Å²) in [6.45, 7) is 2.44. The van der Waals surface area contributed by atoms with Gasteiger partial charge >= 0.3 is 12.1 Å². The molecule has 2 aromatic rings. The predicted molar refractivity (Wildman–Crippen MR) is 95.3 cm³/mol. The van der Waals surface area contributed by atoms with Crippen LogP contribution < -0.4 is 5.32 Å². The molecule has 0 aliphatic heterocycles. The van der Waals surface area contributed by atoms with Crippen LogP contribution in [0.4, 0.5) is 18.9 Å². The number of ether oxygens (including phenoxy) is 1. The summed E-state index contributed by atoms with van der Waals surface area (Å²) in [6, 6.07) is 7.20. The maximum Gasteiger partial charge on any atom is 0.406 e. The van der Waals surface area contributed by atoms with Crippen LogP contribution >= 0.6 is 0 Å². The van der Waals surface area contributed by atoms with Crippen molar-refractivity contribution in [1.29, 1.82) is 0 Å². The van der Waals surface area contributed by atoms with Gasteiger partial charge in [-0.1, -0.05) is 0 Å². The average Bonchev–Trinajstić information content (AvgIpc) is 2.86. The van der Waals surface area contributed by atoms with Crippen molar-refractivity contribution in [3.8, 4) is 0 Å². The molecule has 28 heavy (non-hydrogen) atoms.